The van der Waals surface area contributed by atoms with E-state index in [1.165, 1.54) is 0 Å². The van der Waals surface area contributed by atoms with E-state index in [1.54, 1.807) is 12.4 Å². The van der Waals surface area contributed by atoms with E-state index < -0.39 is 18.5 Å². The number of rotatable bonds is 4. The van der Waals surface area contributed by atoms with E-state index in [9.17, 15) is 13.2 Å². The summed E-state index contributed by atoms with van der Waals surface area (Å²) < 4.78 is 42.6. The van der Waals surface area contributed by atoms with Crippen LogP contribution in [0.3, 0.4) is 0 Å². The molecule has 1 atom stereocenters. The minimum Gasteiger partial charge on any atom is -0.423 e. The van der Waals surface area contributed by atoms with Crippen LogP contribution < -0.4 is 0 Å². The van der Waals surface area contributed by atoms with Crippen LogP contribution in [0.4, 0.5) is 13.2 Å². The fourth-order valence-corrected chi connectivity index (χ4v) is 3.08. The number of piperidine rings is 1. The summed E-state index contributed by atoms with van der Waals surface area (Å²) >= 11 is 5.95. The molecule has 0 aliphatic carbocycles. The average molecular weight is 361 g/mol. The Morgan fingerprint density at radius 1 is 1.25 bits per heavy atom. The van der Waals surface area contributed by atoms with Gasteiger partial charge >= 0.3 is 6.18 Å². The smallest absolute Gasteiger partial charge is 0.397 e. The number of halogens is 4. The average Bonchev–Trinajstić information content (AvgIpc) is 2.94. The van der Waals surface area contributed by atoms with E-state index in [0.29, 0.717) is 11.6 Å². The molecule has 0 saturated carbocycles. The first-order valence-corrected chi connectivity index (χ1v) is 8.01. The van der Waals surface area contributed by atoms with Crippen LogP contribution in [0.15, 0.2) is 22.9 Å². The molecule has 1 unspecified atom stereocenters. The molecule has 130 valence electrons. The van der Waals surface area contributed by atoms with Gasteiger partial charge in [-0.15, -0.1) is 10.2 Å². The van der Waals surface area contributed by atoms with E-state index >= 15 is 0 Å². The summed E-state index contributed by atoms with van der Waals surface area (Å²) in [5.74, 6) is -0.156. The maximum Gasteiger partial charge on any atom is 0.397 e. The molecular formula is C15H16ClF3N4O. The highest BCUT2D eigenvalue weighted by Crippen LogP contribution is 2.32. The SMILES string of the molecule is FC(F)(F)Cc1nnc(C2CCCCN2Cc2cncc(Cl)c2)o1. The Morgan fingerprint density at radius 2 is 2.08 bits per heavy atom. The normalized spacial score (nSPS) is 19.6. The number of aromatic nitrogens is 3. The van der Waals surface area contributed by atoms with Crippen molar-refractivity contribution in [1.29, 1.82) is 0 Å². The van der Waals surface area contributed by atoms with Gasteiger partial charge in [0.1, 0.15) is 6.42 Å². The van der Waals surface area contributed by atoms with Crippen LogP contribution in [-0.2, 0) is 13.0 Å². The first kappa shape index (κ1) is 17.2. The van der Waals surface area contributed by atoms with E-state index in [0.717, 1.165) is 31.4 Å². The van der Waals surface area contributed by atoms with Crippen molar-refractivity contribution in [2.24, 2.45) is 0 Å². The molecule has 1 aliphatic heterocycles. The maximum atomic E-state index is 12.4. The minimum atomic E-state index is -4.36. The second-order valence-corrected chi connectivity index (χ2v) is 6.26. The molecule has 2 aromatic heterocycles. The summed E-state index contributed by atoms with van der Waals surface area (Å²) in [4.78, 5) is 6.17. The Morgan fingerprint density at radius 3 is 2.83 bits per heavy atom. The van der Waals surface area contributed by atoms with Crippen LogP contribution in [0, 0.1) is 0 Å². The Balaban J connectivity index is 1.75. The van der Waals surface area contributed by atoms with Gasteiger partial charge < -0.3 is 4.42 Å². The molecule has 0 aromatic carbocycles. The molecule has 0 bridgehead atoms. The van der Waals surface area contributed by atoms with Crippen molar-refractivity contribution in [3.05, 3.63) is 40.8 Å². The van der Waals surface area contributed by atoms with Gasteiger partial charge in [-0.2, -0.15) is 13.2 Å². The van der Waals surface area contributed by atoms with Gasteiger partial charge in [0.15, 0.2) is 0 Å². The minimum absolute atomic E-state index is 0.188. The number of alkyl halides is 3. The van der Waals surface area contributed by atoms with Crippen LogP contribution in [0.1, 0.15) is 42.6 Å². The van der Waals surface area contributed by atoms with Crippen LogP contribution >= 0.6 is 11.6 Å². The van der Waals surface area contributed by atoms with E-state index in [-0.39, 0.29) is 11.9 Å². The summed E-state index contributed by atoms with van der Waals surface area (Å²) in [6, 6.07) is 1.63. The molecule has 1 aliphatic rings. The highest BCUT2D eigenvalue weighted by atomic mass is 35.5. The van der Waals surface area contributed by atoms with Crippen molar-refractivity contribution in [3.8, 4) is 0 Å². The van der Waals surface area contributed by atoms with Gasteiger partial charge in [-0.3, -0.25) is 9.88 Å². The predicted molar refractivity (Wildman–Crippen MR) is 80.3 cm³/mol. The van der Waals surface area contributed by atoms with Crippen molar-refractivity contribution in [1.82, 2.24) is 20.1 Å². The maximum absolute atomic E-state index is 12.4. The molecule has 3 rings (SSSR count). The van der Waals surface area contributed by atoms with Gasteiger partial charge in [0.25, 0.3) is 0 Å². The van der Waals surface area contributed by atoms with E-state index in [1.807, 2.05) is 6.07 Å². The largest absolute Gasteiger partial charge is 0.423 e. The quantitative estimate of drug-likeness (QED) is 0.826. The number of nitrogens with zero attached hydrogens (tertiary/aromatic N) is 4. The molecule has 3 heterocycles. The van der Waals surface area contributed by atoms with Gasteiger partial charge in [0, 0.05) is 18.9 Å². The lowest BCUT2D eigenvalue weighted by Crippen LogP contribution is -2.33. The first-order chi connectivity index (χ1) is 11.4. The molecule has 5 nitrogen and oxygen atoms in total. The standard InChI is InChI=1S/C15H16ClF3N4O/c16-11-5-10(7-20-8-11)9-23-4-2-1-3-12(23)14-22-21-13(24-14)6-15(17,18)19/h5,7-8,12H,1-4,6,9H2. The molecule has 24 heavy (non-hydrogen) atoms. The zero-order valence-corrected chi connectivity index (χ0v) is 13.5. The van der Waals surface area contributed by atoms with Crippen molar-refractivity contribution in [2.45, 2.75) is 44.4 Å². The third-order valence-corrected chi connectivity index (χ3v) is 4.09. The fraction of sp³-hybridized carbons (Fsp3) is 0.533. The molecule has 1 fully saturated rings. The van der Waals surface area contributed by atoms with Crippen molar-refractivity contribution in [2.75, 3.05) is 6.54 Å². The molecule has 0 radical (unpaired) electrons. The third-order valence-electron chi connectivity index (χ3n) is 3.88. The van der Waals surface area contributed by atoms with Crippen LogP contribution in [-0.4, -0.2) is 32.8 Å². The van der Waals surface area contributed by atoms with E-state index in [2.05, 4.69) is 20.1 Å². The summed E-state index contributed by atoms with van der Waals surface area (Å²) in [6.45, 7) is 1.38. The lowest BCUT2D eigenvalue weighted by atomic mass is 10.0. The van der Waals surface area contributed by atoms with Gasteiger partial charge in [-0.25, -0.2) is 0 Å². The Labute approximate surface area is 141 Å². The molecule has 9 heteroatoms. The van der Waals surface area contributed by atoms with Gasteiger partial charge in [-0.05, 0) is 31.0 Å². The van der Waals surface area contributed by atoms with E-state index in [4.69, 9.17) is 16.0 Å². The monoisotopic (exact) mass is 360 g/mol. The van der Waals surface area contributed by atoms with Gasteiger partial charge in [0.05, 0.1) is 11.1 Å². The number of hydrogen-bond donors (Lipinski definition) is 0. The summed E-state index contributed by atoms with van der Waals surface area (Å²) in [6.07, 6.45) is 0.454. The first-order valence-electron chi connectivity index (χ1n) is 7.63. The molecule has 1 saturated heterocycles. The zero-order valence-electron chi connectivity index (χ0n) is 12.8. The molecule has 0 spiro atoms. The molecular weight excluding hydrogens is 345 g/mol. The highest BCUT2D eigenvalue weighted by Gasteiger charge is 2.33. The summed E-state index contributed by atoms with van der Waals surface area (Å²) in [7, 11) is 0. The summed E-state index contributed by atoms with van der Waals surface area (Å²) in [5.41, 5.74) is 0.935. The number of hydrogen-bond acceptors (Lipinski definition) is 5. The molecule has 0 N–H and O–H groups in total. The van der Waals surface area contributed by atoms with Gasteiger partial charge in [-0.1, -0.05) is 18.0 Å². The zero-order chi connectivity index (χ0) is 17.2. The fourth-order valence-electron chi connectivity index (χ4n) is 2.88. The van der Waals surface area contributed by atoms with Crippen molar-refractivity contribution >= 4 is 11.6 Å². The van der Waals surface area contributed by atoms with Crippen LogP contribution in [0.5, 0.6) is 0 Å². The predicted octanol–water partition coefficient (Wildman–Crippen LogP) is 3.95. The van der Waals surface area contributed by atoms with Crippen molar-refractivity contribution in [3.63, 3.8) is 0 Å². The Kier molecular flexibility index (Phi) is 5.05. The topological polar surface area (TPSA) is 55.1 Å². The second-order valence-electron chi connectivity index (χ2n) is 5.82. The number of likely N-dealkylation sites (tertiary alicyclic amines) is 1. The Bertz CT molecular complexity index is 691. The van der Waals surface area contributed by atoms with Crippen molar-refractivity contribution < 1.29 is 17.6 Å². The van der Waals surface area contributed by atoms with Crippen LogP contribution in [0.2, 0.25) is 5.02 Å². The Hall–Kier alpha value is -1.67. The van der Waals surface area contributed by atoms with Crippen LogP contribution in [0.25, 0.3) is 0 Å². The van der Waals surface area contributed by atoms with Gasteiger partial charge in [0.2, 0.25) is 11.8 Å². The summed E-state index contributed by atoms with van der Waals surface area (Å²) in [5, 5.41) is 7.92. The molecule has 2 aromatic rings. The lowest BCUT2D eigenvalue weighted by Gasteiger charge is -2.33. The highest BCUT2D eigenvalue weighted by molar-refractivity contribution is 6.30. The third kappa shape index (κ3) is 4.45. The number of pyridine rings is 1. The molecule has 0 amide bonds. The second kappa shape index (κ2) is 7.06. The lowest BCUT2D eigenvalue weighted by molar-refractivity contribution is -0.131.